The van der Waals surface area contributed by atoms with Crippen molar-refractivity contribution in [1.82, 2.24) is 0 Å². The Bertz CT molecular complexity index is 530. The van der Waals surface area contributed by atoms with Crippen molar-refractivity contribution in [2.45, 2.75) is 200 Å². The summed E-state index contributed by atoms with van der Waals surface area (Å²) in [5, 5.41) is 0. The molecule has 0 aliphatic heterocycles. The van der Waals surface area contributed by atoms with Gasteiger partial charge in [0, 0.05) is 19.1 Å². The molecule has 2 heteroatoms. The molecule has 242 valence electrons. The minimum absolute atomic E-state index is 0.612. The Kier molecular flexibility index (Phi) is 37.0. The Morgan fingerprint density at radius 2 is 0.659 bits per heavy atom. The number of alkyl halides is 1. The summed E-state index contributed by atoms with van der Waals surface area (Å²) in [6, 6.07) is 9.96. The first-order valence-electron chi connectivity index (χ1n) is 18.5. The molecular formula is C39H73ClO. The van der Waals surface area contributed by atoms with Crippen LogP contribution in [0.2, 0.25) is 0 Å². The molecule has 0 aromatic heterocycles. The van der Waals surface area contributed by atoms with Gasteiger partial charge in [0.1, 0.15) is 0 Å². The van der Waals surface area contributed by atoms with Gasteiger partial charge in [0.15, 0.2) is 0 Å². The van der Waals surface area contributed by atoms with Crippen LogP contribution < -0.4 is 0 Å². The molecule has 0 aliphatic rings. The lowest BCUT2D eigenvalue weighted by molar-refractivity contribution is 0.125. The van der Waals surface area contributed by atoms with Crippen LogP contribution in [-0.2, 0) is 10.6 Å². The van der Waals surface area contributed by atoms with E-state index in [1.807, 2.05) is 30.3 Å². The fourth-order valence-electron chi connectivity index (χ4n) is 5.47. The van der Waals surface area contributed by atoms with Gasteiger partial charge in [0.25, 0.3) is 0 Å². The molecule has 1 nitrogen and oxygen atoms in total. The van der Waals surface area contributed by atoms with E-state index >= 15 is 0 Å². The topological polar surface area (TPSA) is 9.23 Å². The van der Waals surface area contributed by atoms with Gasteiger partial charge in [-0.3, -0.25) is 0 Å². The number of ether oxygens (including phenoxy) is 1. The molecule has 0 heterocycles. The van der Waals surface area contributed by atoms with E-state index < -0.39 is 0 Å². The molecule has 0 unspecified atom stereocenters. The number of benzene rings is 1. The second-order valence-electron chi connectivity index (χ2n) is 12.4. The molecule has 1 aromatic rings. The average molecular weight is 593 g/mol. The van der Waals surface area contributed by atoms with Crippen molar-refractivity contribution in [3.05, 3.63) is 35.9 Å². The summed E-state index contributed by atoms with van der Waals surface area (Å²) in [5.41, 5.74) is 1.18. The smallest absolute Gasteiger partial charge is 0.0474 e. The van der Waals surface area contributed by atoms with Gasteiger partial charge in [-0.2, -0.15) is 0 Å². The molecule has 0 amide bonds. The molecule has 0 fully saturated rings. The third-order valence-corrected chi connectivity index (χ3v) is 8.59. The van der Waals surface area contributed by atoms with Gasteiger partial charge in [-0.05, 0) is 18.4 Å². The Balaban J connectivity index is 0.00000170. The highest BCUT2D eigenvalue weighted by Gasteiger charge is 1.96. The van der Waals surface area contributed by atoms with Gasteiger partial charge in [-0.25, -0.2) is 0 Å². The van der Waals surface area contributed by atoms with Gasteiger partial charge >= 0.3 is 0 Å². The Morgan fingerprint density at radius 1 is 0.390 bits per heavy atom. The van der Waals surface area contributed by atoms with E-state index in [4.69, 9.17) is 16.3 Å². The quantitative estimate of drug-likeness (QED) is 0.0615. The zero-order valence-electron chi connectivity index (χ0n) is 28.1. The zero-order chi connectivity index (χ0) is 29.7. The van der Waals surface area contributed by atoms with Crippen LogP contribution >= 0.6 is 11.6 Å². The third-order valence-electron chi connectivity index (χ3n) is 8.28. The summed E-state index contributed by atoms with van der Waals surface area (Å²) in [6.07, 6.45) is 40.1. The highest BCUT2D eigenvalue weighted by atomic mass is 35.5. The summed E-state index contributed by atoms with van der Waals surface area (Å²) < 4.78 is 5.85. The first kappa shape index (κ1) is 40.5. The first-order chi connectivity index (χ1) is 20.3. The number of rotatable bonds is 31. The maximum Gasteiger partial charge on any atom is 0.0474 e. The predicted molar refractivity (Wildman–Crippen MR) is 187 cm³/mol. The minimum Gasteiger partial charge on any atom is -0.381 e. The minimum atomic E-state index is 0.612. The third kappa shape index (κ3) is 35.6. The van der Waals surface area contributed by atoms with E-state index in [0.29, 0.717) is 5.88 Å². The van der Waals surface area contributed by atoms with Crippen molar-refractivity contribution in [3.63, 3.8) is 0 Å². The first-order valence-corrected chi connectivity index (χ1v) is 19.1. The Hall–Kier alpha value is -0.530. The fraction of sp³-hybridized carbons (Fsp3) is 0.846. The molecule has 0 atom stereocenters. The van der Waals surface area contributed by atoms with Gasteiger partial charge in [0.2, 0.25) is 0 Å². The van der Waals surface area contributed by atoms with E-state index in [-0.39, 0.29) is 0 Å². The molecule has 0 radical (unpaired) electrons. The summed E-state index contributed by atoms with van der Waals surface area (Å²) >= 11 is 5.53. The number of hydrogen-bond acceptors (Lipinski definition) is 1. The van der Waals surface area contributed by atoms with Crippen LogP contribution in [0.3, 0.4) is 0 Å². The molecule has 1 aromatic carbocycles. The van der Waals surface area contributed by atoms with Gasteiger partial charge in [-0.1, -0.05) is 211 Å². The van der Waals surface area contributed by atoms with E-state index in [0.717, 1.165) is 13.2 Å². The SMILES string of the molecule is CCCCCCCCCCCCCCCCOCCCCCCCCCCCCCCCC.ClCc1ccccc1. The van der Waals surface area contributed by atoms with Crippen LogP contribution in [0, 0.1) is 0 Å². The molecule has 0 spiro atoms. The normalized spacial score (nSPS) is 11.0. The predicted octanol–water partition coefficient (Wildman–Crippen LogP) is 14.4. The standard InChI is InChI=1S/C32H66O.C7H7Cl/c1-3-5-7-9-11-13-15-17-19-21-23-25-27-29-31-33-32-30-28-26-24-22-20-18-16-14-12-10-8-6-4-2;8-6-7-4-2-1-3-5-7/h3-32H2,1-2H3;1-5H,6H2. The molecule has 0 saturated heterocycles. The lowest BCUT2D eigenvalue weighted by Crippen LogP contribution is -1.97. The molecule has 0 N–H and O–H groups in total. The van der Waals surface area contributed by atoms with Crippen molar-refractivity contribution < 1.29 is 4.74 Å². The fourth-order valence-corrected chi connectivity index (χ4v) is 5.64. The average Bonchev–Trinajstić information content (AvgIpc) is 3.01. The van der Waals surface area contributed by atoms with E-state index in [9.17, 15) is 0 Å². The molecule has 0 saturated carbocycles. The van der Waals surface area contributed by atoms with Gasteiger partial charge in [-0.15, -0.1) is 11.6 Å². The summed E-state index contributed by atoms with van der Waals surface area (Å²) in [6.45, 7) is 6.59. The maximum atomic E-state index is 5.85. The van der Waals surface area contributed by atoms with Crippen molar-refractivity contribution in [2.75, 3.05) is 13.2 Å². The van der Waals surface area contributed by atoms with Gasteiger partial charge < -0.3 is 4.74 Å². The van der Waals surface area contributed by atoms with Gasteiger partial charge in [0.05, 0.1) is 0 Å². The molecule has 0 bridgehead atoms. The highest BCUT2D eigenvalue weighted by Crippen LogP contribution is 2.14. The summed E-state index contributed by atoms with van der Waals surface area (Å²) in [7, 11) is 0. The molecular weight excluding hydrogens is 520 g/mol. The lowest BCUT2D eigenvalue weighted by Gasteiger charge is -2.05. The van der Waals surface area contributed by atoms with Crippen LogP contribution in [-0.4, -0.2) is 13.2 Å². The second-order valence-corrected chi connectivity index (χ2v) is 12.7. The Morgan fingerprint density at radius 3 is 0.902 bits per heavy atom. The van der Waals surface area contributed by atoms with E-state index in [1.165, 1.54) is 185 Å². The Labute approximate surface area is 264 Å². The summed E-state index contributed by atoms with van der Waals surface area (Å²) in [5.74, 6) is 0.612. The molecule has 41 heavy (non-hydrogen) atoms. The lowest BCUT2D eigenvalue weighted by atomic mass is 10.0. The van der Waals surface area contributed by atoms with E-state index in [2.05, 4.69) is 13.8 Å². The number of halogens is 1. The van der Waals surface area contributed by atoms with Crippen LogP contribution in [0.5, 0.6) is 0 Å². The van der Waals surface area contributed by atoms with Crippen molar-refractivity contribution in [1.29, 1.82) is 0 Å². The molecule has 1 rings (SSSR count). The largest absolute Gasteiger partial charge is 0.381 e. The number of hydrogen-bond donors (Lipinski definition) is 0. The van der Waals surface area contributed by atoms with Crippen LogP contribution in [0.1, 0.15) is 199 Å². The molecule has 0 aliphatic carbocycles. The van der Waals surface area contributed by atoms with E-state index in [1.54, 1.807) is 0 Å². The van der Waals surface area contributed by atoms with Crippen LogP contribution in [0.15, 0.2) is 30.3 Å². The number of unbranched alkanes of at least 4 members (excludes halogenated alkanes) is 26. The summed E-state index contributed by atoms with van der Waals surface area (Å²) in [4.78, 5) is 0. The van der Waals surface area contributed by atoms with Crippen molar-refractivity contribution in [3.8, 4) is 0 Å². The van der Waals surface area contributed by atoms with Crippen molar-refractivity contribution >= 4 is 11.6 Å². The maximum absolute atomic E-state index is 5.85. The van der Waals surface area contributed by atoms with Crippen molar-refractivity contribution in [2.24, 2.45) is 0 Å². The second kappa shape index (κ2) is 37.5. The van der Waals surface area contributed by atoms with Crippen LogP contribution in [0.25, 0.3) is 0 Å². The monoisotopic (exact) mass is 593 g/mol. The highest BCUT2D eigenvalue weighted by molar-refractivity contribution is 6.17. The zero-order valence-corrected chi connectivity index (χ0v) is 28.8. The van der Waals surface area contributed by atoms with Crippen LogP contribution in [0.4, 0.5) is 0 Å².